The molecule has 0 atom stereocenters. The maximum absolute atomic E-state index is 5.65. The summed E-state index contributed by atoms with van der Waals surface area (Å²) in [5.41, 5.74) is 8.29. The van der Waals surface area contributed by atoms with Crippen LogP contribution in [0, 0.1) is 17.8 Å². The topological polar surface area (TPSA) is 52.0 Å². The van der Waals surface area contributed by atoms with E-state index in [2.05, 4.69) is 32.9 Å². The van der Waals surface area contributed by atoms with Crippen molar-refractivity contribution >= 4 is 5.88 Å². The lowest BCUT2D eigenvalue weighted by Gasteiger charge is -2.03. The quantitative estimate of drug-likeness (QED) is 0.747. The Bertz CT molecular complexity index is 363. The second kappa shape index (κ2) is 2.33. The maximum atomic E-state index is 5.65. The highest BCUT2D eigenvalue weighted by Gasteiger charge is 2.66. The van der Waals surface area contributed by atoms with Crippen molar-refractivity contribution in [2.45, 2.75) is 40.5 Å². The highest BCUT2D eigenvalue weighted by Crippen LogP contribution is 2.73. The van der Waals surface area contributed by atoms with Gasteiger partial charge in [-0.3, -0.25) is 0 Å². The third kappa shape index (κ3) is 0.900. The second-order valence-electron chi connectivity index (χ2n) is 5.43. The van der Waals surface area contributed by atoms with Crippen LogP contribution in [0.1, 0.15) is 44.9 Å². The van der Waals surface area contributed by atoms with Crippen molar-refractivity contribution in [3.8, 4) is 0 Å². The Balaban J connectivity index is 2.41. The molecule has 1 aromatic heterocycles. The summed E-state index contributed by atoms with van der Waals surface area (Å²) in [6, 6.07) is 0. The van der Waals surface area contributed by atoms with Gasteiger partial charge in [-0.15, -0.1) is 0 Å². The van der Waals surface area contributed by atoms with Gasteiger partial charge in [0.25, 0.3) is 0 Å². The third-order valence-electron chi connectivity index (χ3n) is 4.29. The molecule has 3 nitrogen and oxygen atoms in total. The molecule has 0 bridgehead atoms. The van der Waals surface area contributed by atoms with Gasteiger partial charge < -0.3 is 10.3 Å². The first-order chi connectivity index (χ1) is 6.30. The van der Waals surface area contributed by atoms with Crippen molar-refractivity contribution < 1.29 is 4.52 Å². The monoisotopic (exact) mass is 194 g/mol. The molecule has 0 unspecified atom stereocenters. The highest BCUT2D eigenvalue weighted by atomic mass is 16.5. The lowest BCUT2D eigenvalue weighted by atomic mass is 10.0. The van der Waals surface area contributed by atoms with Gasteiger partial charge in [-0.2, -0.15) is 0 Å². The van der Waals surface area contributed by atoms with Crippen molar-refractivity contribution in [3.05, 3.63) is 11.3 Å². The predicted octanol–water partition coefficient (Wildman–Crippen LogP) is 2.71. The molecule has 0 radical (unpaired) electrons. The summed E-state index contributed by atoms with van der Waals surface area (Å²) in [6.45, 7) is 11.0. The summed E-state index contributed by atoms with van der Waals surface area (Å²) in [5, 5.41) is 4.07. The van der Waals surface area contributed by atoms with E-state index in [0.717, 1.165) is 11.3 Å². The number of nitrogen functional groups attached to an aromatic ring is 1. The average molecular weight is 194 g/mol. The van der Waals surface area contributed by atoms with Crippen LogP contribution in [0.2, 0.25) is 0 Å². The number of anilines is 1. The van der Waals surface area contributed by atoms with Crippen molar-refractivity contribution in [1.29, 1.82) is 0 Å². The minimum absolute atomic E-state index is 0.293. The van der Waals surface area contributed by atoms with E-state index in [-0.39, 0.29) is 0 Å². The van der Waals surface area contributed by atoms with E-state index in [9.17, 15) is 0 Å². The normalized spacial score (nSPS) is 23.8. The minimum Gasteiger partial charge on any atom is -0.367 e. The summed E-state index contributed by atoms with van der Waals surface area (Å²) >= 11 is 0. The molecule has 1 aromatic rings. The molecule has 1 heterocycles. The molecule has 14 heavy (non-hydrogen) atoms. The Kier molecular flexibility index (Phi) is 1.59. The van der Waals surface area contributed by atoms with E-state index < -0.39 is 0 Å². The van der Waals surface area contributed by atoms with Gasteiger partial charge in [-0.25, -0.2) is 0 Å². The summed E-state index contributed by atoms with van der Waals surface area (Å²) in [7, 11) is 0. The highest BCUT2D eigenvalue weighted by molar-refractivity contribution is 5.44. The number of nitrogens with zero attached hydrogens (tertiary/aromatic N) is 1. The number of hydrogen-bond acceptors (Lipinski definition) is 3. The zero-order valence-electron chi connectivity index (χ0n) is 9.51. The van der Waals surface area contributed by atoms with Crippen LogP contribution < -0.4 is 5.73 Å². The molecule has 1 aliphatic rings. The third-order valence-corrected chi connectivity index (χ3v) is 4.29. The average Bonchev–Trinajstić information content (AvgIpc) is 2.36. The van der Waals surface area contributed by atoms with Gasteiger partial charge in [0.1, 0.15) is 0 Å². The minimum atomic E-state index is 0.293. The molecule has 0 amide bonds. The summed E-state index contributed by atoms with van der Waals surface area (Å²) in [5.74, 6) is 0.926. The SMILES string of the molecule is Cc1c(C2C(C)(C)C2(C)C)noc1N. The van der Waals surface area contributed by atoms with Gasteiger partial charge in [0.2, 0.25) is 5.88 Å². The van der Waals surface area contributed by atoms with Crippen molar-refractivity contribution in [1.82, 2.24) is 5.16 Å². The molecule has 0 aromatic carbocycles. The van der Waals surface area contributed by atoms with Gasteiger partial charge in [0, 0.05) is 11.5 Å². The molecule has 2 rings (SSSR count). The Morgan fingerprint density at radius 1 is 1.21 bits per heavy atom. The van der Waals surface area contributed by atoms with E-state index >= 15 is 0 Å². The molecule has 3 heteroatoms. The van der Waals surface area contributed by atoms with Crippen LogP contribution in [-0.4, -0.2) is 5.16 Å². The number of rotatable bonds is 1. The van der Waals surface area contributed by atoms with Gasteiger partial charge in [-0.05, 0) is 17.8 Å². The molecule has 0 aliphatic heterocycles. The van der Waals surface area contributed by atoms with Crippen LogP contribution in [0.3, 0.4) is 0 Å². The Labute approximate surface area is 84.7 Å². The van der Waals surface area contributed by atoms with Crippen LogP contribution in [-0.2, 0) is 0 Å². The number of nitrogens with two attached hydrogens (primary N) is 1. The molecule has 2 N–H and O–H groups in total. The van der Waals surface area contributed by atoms with Gasteiger partial charge in [-0.1, -0.05) is 32.9 Å². The van der Waals surface area contributed by atoms with E-state index in [1.54, 1.807) is 0 Å². The van der Waals surface area contributed by atoms with E-state index in [4.69, 9.17) is 10.3 Å². The number of aromatic nitrogens is 1. The lowest BCUT2D eigenvalue weighted by Crippen LogP contribution is -1.95. The second-order valence-corrected chi connectivity index (χ2v) is 5.43. The molecule has 0 saturated heterocycles. The number of hydrogen-bond donors (Lipinski definition) is 1. The van der Waals surface area contributed by atoms with Crippen molar-refractivity contribution in [2.24, 2.45) is 10.8 Å². The molecular formula is C11H18N2O. The molecular weight excluding hydrogens is 176 g/mol. The first-order valence-corrected chi connectivity index (χ1v) is 5.02. The van der Waals surface area contributed by atoms with E-state index in [1.807, 2.05) is 6.92 Å². The lowest BCUT2D eigenvalue weighted by molar-refractivity contribution is 0.423. The first kappa shape index (κ1) is 9.56. The van der Waals surface area contributed by atoms with Crippen molar-refractivity contribution in [3.63, 3.8) is 0 Å². The van der Waals surface area contributed by atoms with E-state index in [1.165, 1.54) is 0 Å². The molecule has 1 aliphatic carbocycles. The van der Waals surface area contributed by atoms with Crippen LogP contribution in [0.25, 0.3) is 0 Å². The van der Waals surface area contributed by atoms with Crippen LogP contribution >= 0.6 is 0 Å². The predicted molar refractivity (Wildman–Crippen MR) is 56.0 cm³/mol. The molecule has 1 fully saturated rings. The Morgan fingerprint density at radius 2 is 1.71 bits per heavy atom. The first-order valence-electron chi connectivity index (χ1n) is 5.02. The van der Waals surface area contributed by atoms with E-state index in [0.29, 0.717) is 22.6 Å². The van der Waals surface area contributed by atoms with Gasteiger partial charge >= 0.3 is 0 Å². The largest absolute Gasteiger partial charge is 0.367 e. The zero-order valence-corrected chi connectivity index (χ0v) is 9.51. The van der Waals surface area contributed by atoms with Crippen LogP contribution in [0.15, 0.2) is 4.52 Å². The standard InChI is InChI=1S/C11H18N2O/c1-6-7(13-14-9(6)12)8-10(2,3)11(8,4)5/h8H,12H2,1-5H3. The summed E-state index contributed by atoms with van der Waals surface area (Å²) < 4.78 is 5.01. The zero-order chi connectivity index (χ0) is 10.7. The molecule has 0 spiro atoms. The Hall–Kier alpha value is -0.990. The fraction of sp³-hybridized carbons (Fsp3) is 0.727. The summed E-state index contributed by atoms with van der Waals surface area (Å²) in [4.78, 5) is 0. The Morgan fingerprint density at radius 3 is 2.00 bits per heavy atom. The summed E-state index contributed by atoms with van der Waals surface area (Å²) in [6.07, 6.45) is 0. The fourth-order valence-electron chi connectivity index (χ4n) is 2.51. The molecule has 78 valence electrons. The maximum Gasteiger partial charge on any atom is 0.225 e. The van der Waals surface area contributed by atoms with Crippen LogP contribution in [0.5, 0.6) is 0 Å². The fourth-order valence-corrected chi connectivity index (χ4v) is 2.51. The van der Waals surface area contributed by atoms with Gasteiger partial charge in [0.15, 0.2) is 0 Å². The van der Waals surface area contributed by atoms with Crippen LogP contribution in [0.4, 0.5) is 5.88 Å². The molecule has 1 saturated carbocycles. The smallest absolute Gasteiger partial charge is 0.225 e. The van der Waals surface area contributed by atoms with Gasteiger partial charge in [0.05, 0.1) is 5.69 Å². The van der Waals surface area contributed by atoms with Crippen molar-refractivity contribution in [2.75, 3.05) is 5.73 Å².